The van der Waals surface area contributed by atoms with E-state index >= 15 is 0 Å². The molecule has 2 rings (SSSR count). The van der Waals surface area contributed by atoms with Crippen LogP contribution in [0.3, 0.4) is 0 Å². The molecule has 1 heterocycles. The van der Waals surface area contributed by atoms with Gasteiger partial charge in [0, 0.05) is 23.4 Å². The summed E-state index contributed by atoms with van der Waals surface area (Å²) in [6.07, 6.45) is 3.64. The Kier molecular flexibility index (Phi) is 4.85. The number of benzene rings is 1. The van der Waals surface area contributed by atoms with Gasteiger partial charge in [0.1, 0.15) is 6.07 Å². The van der Waals surface area contributed by atoms with E-state index in [1.54, 1.807) is 0 Å². The number of nitrogens with zero attached hydrogens (tertiary/aromatic N) is 2. The zero-order chi connectivity index (χ0) is 14.4. The van der Waals surface area contributed by atoms with E-state index in [-0.39, 0.29) is 5.91 Å². The number of nitriles is 1. The highest BCUT2D eigenvalue weighted by Gasteiger charge is 2.06. The van der Waals surface area contributed by atoms with Gasteiger partial charge in [0.05, 0.1) is 11.1 Å². The first-order valence-corrected chi connectivity index (χ1v) is 6.86. The van der Waals surface area contributed by atoms with Crippen LogP contribution in [0.25, 0.3) is 0 Å². The minimum Gasteiger partial charge on any atom is -0.352 e. The smallest absolute Gasteiger partial charge is 0.252 e. The molecule has 0 aliphatic heterocycles. The number of amides is 1. The van der Waals surface area contributed by atoms with E-state index in [9.17, 15) is 4.79 Å². The van der Waals surface area contributed by atoms with Crippen LogP contribution in [0.15, 0.2) is 47.2 Å². The first-order valence-electron chi connectivity index (χ1n) is 6.07. The van der Waals surface area contributed by atoms with Crippen LogP contribution < -0.4 is 5.32 Å². The molecule has 5 heteroatoms. The molecule has 1 amide bonds. The minimum atomic E-state index is -0.216. The number of aromatic nitrogens is 1. The van der Waals surface area contributed by atoms with E-state index in [2.05, 4.69) is 26.2 Å². The normalized spacial score (nSPS) is 9.80. The molecule has 0 unspecified atom stereocenters. The van der Waals surface area contributed by atoms with Gasteiger partial charge < -0.3 is 5.32 Å². The van der Waals surface area contributed by atoms with Crippen LogP contribution in [0.1, 0.15) is 21.5 Å². The summed E-state index contributed by atoms with van der Waals surface area (Å²) >= 11 is 3.38. The zero-order valence-corrected chi connectivity index (χ0v) is 12.2. The first kappa shape index (κ1) is 14.2. The molecule has 0 aliphatic rings. The molecule has 20 heavy (non-hydrogen) atoms. The fourth-order valence-corrected chi connectivity index (χ4v) is 1.96. The lowest BCUT2D eigenvalue weighted by Crippen LogP contribution is -2.25. The number of hydrogen-bond donors (Lipinski definition) is 1. The molecule has 0 saturated heterocycles. The largest absolute Gasteiger partial charge is 0.352 e. The van der Waals surface area contributed by atoms with Crippen molar-refractivity contribution in [3.63, 3.8) is 0 Å². The van der Waals surface area contributed by atoms with Crippen molar-refractivity contribution in [2.45, 2.75) is 6.42 Å². The molecular weight excluding hydrogens is 318 g/mol. The van der Waals surface area contributed by atoms with Crippen LogP contribution in [0.4, 0.5) is 0 Å². The van der Waals surface area contributed by atoms with Crippen molar-refractivity contribution in [1.29, 1.82) is 5.26 Å². The van der Waals surface area contributed by atoms with Gasteiger partial charge in [-0.25, -0.2) is 0 Å². The fourth-order valence-electron chi connectivity index (χ4n) is 1.70. The maximum atomic E-state index is 11.9. The summed E-state index contributed by atoms with van der Waals surface area (Å²) in [4.78, 5) is 15.8. The number of nitrogens with one attached hydrogen (secondary N) is 1. The number of carbonyl (C=O) groups is 1. The van der Waals surface area contributed by atoms with Crippen LogP contribution in [-0.4, -0.2) is 17.4 Å². The van der Waals surface area contributed by atoms with Crippen LogP contribution in [0.2, 0.25) is 0 Å². The predicted octanol–water partition coefficient (Wildman–Crippen LogP) is 2.69. The third-order valence-corrected chi connectivity index (χ3v) is 3.27. The van der Waals surface area contributed by atoms with E-state index in [0.717, 1.165) is 16.5 Å². The third kappa shape index (κ3) is 3.90. The number of pyridine rings is 1. The van der Waals surface area contributed by atoms with Crippen LogP contribution in [-0.2, 0) is 6.42 Å². The first-order chi connectivity index (χ1) is 9.69. The minimum absolute atomic E-state index is 0.216. The second-order valence-corrected chi connectivity index (χ2v) is 5.12. The number of halogens is 1. The van der Waals surface area contributed by atoms with E-state index in [0.29, 0.717) is 17.7 Å². The van der Waals surface area contributed by atoms with Gasteiger partial charge in [-0.15, -0.1) is 0 Å². The summed E-state index contributed by atoms with van der Waals surface area (Å²) in [7, 11) is 0. The monoisotopic (exact) mass is 329 g/mol. The van der Waals surface area contributed by atoms with Gasteiger partial charge in [0.15, 0.2) is 0 Å². The molecule has 0 bridgehead atoms. The molecule has 0 spiro atoms. The maximum Gasteiger partial charge on any atom is 0.252 e. The third-order valence-electron chi connectivity index (χ3n) is 2.74. The molecule has 0 atom stereocenters. The quantitative estimate of drug-likeness (QED) is 0.937. The van der Waals surface area contributed by atoms with E-state index in [1.807, 2.05) is 30.3 Å². The molecule has 0 saturated carbocycles. The average Bonchev–Trinajstić information content (AvgIpc) is 2.49. The molecule has 2 aromatic rings. The highest BCUT2D eigenvalue weighted by molar-refractivity contribution is 9.10. The molecule has 0 radical (unpaired) electrons. The molecule has 0 aliphatic carbocycles. The number of hydrogen-bond acceptors (Lipinski definition) is 3. The van der Waals surface area contributed by atoms with Gasteiger partial charge in [0.2, 0.25) is 0 Å². The predicted molar refractivity (Wildman–Crippen MR) is 79.1 cm³/mol. The Hall–Kier alpha value is -2.19. The van der Waals surface area contributed by atoms with E-state index in [1.165, 1.54) is 18.5 Å². The standard InChI is InChI=1S/C15H12BrN3O/c16-14-3-1-11(2-4-14)5-6-19-15(20)13-7-12(8-17)9-18-10-13/h1-4,7,9-10H,5-6H2,(H,19,20). The van der Waals surface area contributed by atoms with Crippen LogP contribution in [0.5, 0.6) is 0 Å². The Balaban J connectivity index is 1.89. The summed E-state index contributed by atoms with van der Waals surface area (Å²) in [6.45, 7) is 0.539. The molecule has 1 N–H and O–H groups in total. The molecule has 0 fully saturated rings. The highest BCUT2D eigenvalue weighted by atomic mass is 79.9. The molecular formula is C15H12BrN3O. The van der Waals surface area contributed by atoms with Gasteiger partial charge in [0.25, 0.3) is 5.91 Å². The summed E-state index contributed by atoms with van der Waals surface area (Å²) in [5.41, 5.74) is 1.93. The summed E-state index contributed by atoms with van der Waals surface area (Å²) < 4.78 is 1.03. The van der Waals surface area contributed by atoms with Crippen LogP contribution >= 0.6 is 15.9 Å². The van der Waals surface area contributed by atoms with Gasteiger partial charge in [-0.05, 0) is 30.2 Å². The SMILES string of the molecule is N#Cc1cncc(C(=O)NCCc2ccc(Br)cc2)c1. The second kappa shape index (κ2) is 6.83. The van der Waals surface area contributed by atoms with Gasteiger partial charge in [-0.3, -0.25) is 9.78 Å². The van der Waals surface area contributed by atoms with Gasteiger partial charge >= 0.3 is 0 Å². The Morgan fingerprint density at radius 1 is 1.30 bits per heavy atom. The summed E-state index contributed by atoms with van der Waals surface area (Å²) in [6, 6.07) is 11.4. The number of carbonyl (C=O) groups excluding carboxylic acids is 1. The fraction of sp³-hybridized carbons (Fsp3) is 0.133. The Labute approximate surface area is 125 Å². The highest BCUT2D eigenvalue weighted by Crippen LogP contribution is 2.10. The van der Waals surface area contributed by atoms with Gasteiger partial charge in [-0.2, -0.15) is 5.26 Å². The maximum absolute atomic E-state index is 11.9. The lowest BCUT2D eigenvalue weighted by atomic mass is 10.1. The van der Waals surface area contributed by atoms with Crippen LogP contribution in [0, 0.1) is 11.3 Å². The Morgan fingerprint density at radius 3 is 2.75 bits per heavy atom. The molecule has 1 aromatic carbocycles. The molecule has 1 aromatic heterocycles. The molecule has 4 nitrogen and oxygen atoms in total. The van der Waals surface area contributed by atoms with E-state index in [4.69, 9.17) is 5.26 Å². The number of rotatable bonds is 4. The van der Waals surface area contributed by atoms with Gasteiger partial charge in [-0.1, -0.05) is 28.1 Å². The Morgan fingerprint density at radius 2 is 2.05 bits per heavy atom. The van der Waals surface area contributed by atoms with E-state index < -0.39 is 0 Å². The lowest BCUT2D eigenvalue weighted by molar-refractivity contribution is 0.0953. The second-order valence-electron chi connectivity index (χ2n) is 4.21. The van der Waals surface area contributed by atoms with Crippen molar-refractivity contribution < 1.29 is 4.79 Å². The topological polar surface area (TPSA) is 65.8 Å². The van der Waals surface area contributed by atoms with Crippen molar-refractivity contribution in [1.82, 2.24) is 10.3 Å². The zero-order valence-electron chi connectivity index (χ0n) is 10.6. The van der Waals surface area contributed by atoms with Crippen molar-refractivity contribution in [2.75, 3.05) is 6.54 Å². The Bertz CT molecular complexity index is 647. The molecule has 100 valence electrons. The van der Waals surface area contributed by atoms with Crippen molar-refractivity contribution in [2.24, 2.45) is 0 Å². The lowest BCUT2D eigenvalue weighted by Gasteiger charge is -2.05. The van der Waals surface area contributed by atoms with Crippen molar-refractivity contribution in [3.05, 3.63) is 63.9 Å². The summed E-state index contributed by atoms with van der Waals surface area (Å²) in [5, 5.41) is 11.6. The van der Waals surface area contributed by atoms with Crippen molar-refractivity contribution in [3.8, 4) is 6.07 Å². The average molecular weight is 330 g/mol. The summed E-state index contributed by atoms with van der Waals surface area (Å²) in [5.74, 6) is -0.216. The van der Waals surface area contributed by atoms with Crippen molar-refractivity contribution >= 4 is 21.8 Å².